The van der Waals surface area contributed by atoms with E-state index in [0.29, 0.717) is 11.1 Å². The lowest BCUT2D eigenvalue weighted by Crippen LogP contribution is -2.44. The van der Waals surface area contributed by atoms with Crippen molar-refractivity contribution in [3.05, 3.63) is 71.8 Å². The molecule has 4 nitrogen and oxygen atoms in total. The molecule has 0 saturated carbocycles. The van der Waals surface area contributed by atoms with Crippen LogP contribution in [0.4, 0.5) is 0 Å². The van der Waals surface area contributed by atoms with Gasteiger partial charge in [-0.1, -0.05) is 60.7 Å². The average Bonchev–Trinajstić information content (AvgIpc) is 2.81. The Morgan fingerprint density at radius 1 is 1.05 bits per heavy atom. The van der Waals surface area contributed by atoms with Crippen LogP contribution < -0.4 is 0 Å². The quantitative estimate of drug-likeness (QED) is 0.911. The van der Waals surface area contributed by atoms with Crippen LogP contribution in [0.5, 0.6) is 0 Å². The molecule has 0 aliphatic carbocycles. The molecule has 0 amide bonds. The minimum atomic E-state index is -1.38. The van der Waals surface area contributed by atoms with Crippen molar-refractivity contribution in [3.8, 4) is 0 Å². The van der Waals surface area contributed by atoms with Gasteiger partial charge in [0, 0.05) is 0 Å². The summed E-state index contributed by atoms with van der Waals surface area (Å²) in [5, 5.41) is 20.9. The molecule has 1 aliphatic rings. The number of rotatable bonds is 3. The third kappa shape index (κ3) is 2.35. The van der Waals surface area contributed by atoms with Crippen LogP contribution in [0.2, 0.25) is 0 Å². The van der Waals surface area contributed by atoms with Crippen LogP contribution in [-0.4, -0.2) is 27.7 Å². The zero-order valence-electron chi connectivity index (χ0n) is 12.2. The molecule has 1 saturated heterocycles. The second-order valence-electron chi connectivity index (χ2n) is 5.71. The van der Waals surface area contributed by atoms with Crippen molar-refractivity contribution >= 4 is 5.78 Å². The minimum Gasteiger partial charge on any atom is -0.385 e. The molecule has 4 heteroatoms. The van der Waals surface area contributed by atoms with Gasteiger partial charge in [-0.05, 0) is 18.1 Å². The van der Waals surface area contributed by atoms with E-state index in [9.17, 15) is 15.0 Å². The van der Waals surface area contributed by atoms with Crippen molar-refractivity contribution in [2.45, 2.75) is 30.8 Å². The summed E-state index contributed by atoms with van der Waals surface area (Å²) in [4.78, 5) is 12.4. The Morgan fingerprint density at radius 3 is 2.18 bits per heavy atom. The second kappa shape index (κ2) is 5.65. The number of carbonyl (C=O) groups excluding carboxylic acids is 1. The van der Waals surface area contributed by atoms with E-state index in [0.717, 1.165) is 0 Å². The molecule has 0 radical (unpaired) electrons. The van der Waals surface area contributed by atoms with Gasteiger partial charge in [0.05, 0.1) is 0 Å². The van der Waals surface area contributed by atoms with Gasteiger partial charge >= 0.3 is 0 Å². The van der Waals surface area contributed by atoms with Crippen molar-refractivity contribution < 1.29 is 19.7 Å². The number of hydrogen-bond acceptors (Lipinski definition) is 4. The maximum Gasteiger partial charge on any atom is 0.197 e. The molecule has 1 fully saturated rings. The van der Waals surface area contributed by atoms with Gasteiger partial charge in [-0.2, -0.15) is 0 Å². The normalized spacial score (nSPS) is 29.5. The Bertz CT molecular complexity index is 655. The summed E-state index contributed by atoms with van der Waals surface area (Å²) in [6, 6.07) is 17.9. The topological polar surface area (TPSA) is 66.8 Å². The van der Waals surface area contributed by atoms with Gasteiger partial charge in [-0.15, -0.1) is 0 Å². The number of ether oxygens (including phenoxy) is 1. The van der Waals surface area contributed by atoms with E-state index < -0.39 is 29.7 Å². The molecule has 0 bridgehead atoms. The zero-order valence-corrected chi connectivity index (χ0v) is 12.2. The monoisotopic (exact) mass is 298 g/mol. The molecule has 0 unspecified atom stereocenters. The Labute approximate surface area is 129 Å². The van der Waals surface area contributed by atoms with E-state index in [2.05, 4.69) is 0 Å². The van der Waals surface area contributed by atoms with E-state index in [4.69, 9.17) is 4.74 Å². The first-order valence-corrected chi connectivity index (χ1v) is 7.21. The second-order valence-corrected chi connectivity index (χ2v) is 5.71. The predicted octanol–water partition coefficient (Wildman–Crippen LogP) is 2.18. The van der Waals surface area contributed by atoms with Gasteiger partial charge < -0.3 is 14.9 Å². The van der Waals surface area contributed by atoms with Crippen molar-refractivity contribution in [1.82, 2.24) is 0 Å². The Balaban J connectivity index is 1.93. The molecule has 1 heterocycles. The number of benzene rings is 2. The molecule has 0 aromatic heterocycles. The lowest BCUT2D eigenvalue weighted by atomic mass is 9.87. The van der Waals surface area contributed by atoms with Crippen LogP contribution >= 0.6 is 0 Å². The molecular formula is C18H18O4. The average molecular weight is 298 g/mol. The fourth-order valence-corrected chi connectivity index (χ4v) is 2.84. The zero-order chi connectivity index (χ0) is 15.7. The number of carbonyl (C=O) groups is 1. The van der Waals surface area contributed by atoms with Gasteiger partial charge in [0.1, 0.15) is 23.9 Å². The van der Waals surface area contributed by atoms with E-state index in [-0.39, 0.29) is 0 Å². The molecule has 2 aromatic rings. The van der Waals surface area contributed by atoms with Crippen LogP contribution in [0.3, 0.4) is 0 Å². The molecule has 2 N–H and O–H groups in total. The fraction of sp³-hybridized carbons (Fsp3) is 0.278. The summed E-state index contributed by atoms with van der Waals surface area (Å²) in [5.41, 5.74) is -0.0973. The number of Topliss-reactive ketones (excluding diaryl/α,β-unsaturated/α-hetero) is 1. The molecular weight excluding hydrogens is 280 g/mol. The van der Waals surface area contributed by atoms with Crippen LogP contribution in [-0.2, 0) is 9.53 Å². The van der Waals surface area contributed by atoms with E-state index in [1.165, 1.54) is 0 Å². The van der Waals surface area contributed by atoms with E-state index >= 15 is 0 Å². The number of ketones is 1. The highest BCUT2D eigenvalue weighted by Crippen LogP contribution is 2.43. The summed E-state index contributed by atoms with van der Waals surface area (Å²) in [6.45, 7) is 1.57. The number of aliphatic hydroxyl groups excluding tert-OH is 2. The SMILES string of the molecule is C[C@]1([C@H](O)c2ccccc2)O[C@@H](c2ccccc2)C(=O)[C@H]1O. The first-order valence-electron chi connectivity index (χ1n) is 7.21. The summed E-state index contributed by atoms with van der Waals surface area (Å²) in [6.07, 6.45) is -3.34. The van der Waals surface area contributed by atoms with Crippen LogP contribution in [0.1, 0.15) is 30.3 Å². The van der Waals surface area contributed by atoms with Gasteiger partial charge in [-0.25, -0.2) is 0 Å². The number of hydrogen-bond donors (Lipinski definition) is 2. The van der Waals surface area contributed by atoms with Crippen molar-refractivity contribution in [3.63, 3.8) is 0 Å². The molecule has 4 atom stereocenters. The molecule has 1 aliphatic heterocycles. The summed E-state index contributed by atoms with van der Waals surface area (Å²) in [5.74, 6) is -0.427. The van der Waals surface area contributed by atoms with Gasteiger partial charge in [0.2, 0.25) is 0 Å². The lowest BCUT2D eigenvalue weighted by molar-refractivity contribution is -0.142. The minimum absolute atomic E-state index is 0.427. The third-order valence-electron chi connectivity index (χ3n) is 4.20. The molecule has 3 rings (SSSR count). The number of aliphatic hydroxyl groups is 2. The lowest BCUT2D eigenvalue weighted by Gasteiger charge is -2.32. The van der Waals surface area contributed by atoms with Crippen LogP contribution in [0, 0.1) is 0 Å². The summed E-state index contributed by atoms with van der Waals surface area (Å²) < 4.78 is 5.83. The van der Waals surface area contributed by atoms with Crippen molar-refractivity contribution in [2.24, 2.45) is 0 Å². The Kier molecular flexibility index (Phi) is 3.83. The predicted molar refractivity (Wildman–Crippen MR) is 81.1 cm³/mol. The maximum absolute atomic E-state index is 12.4. The largest absolute Gasteiger partial charge is 0.385 e. The van der Waals surface area contributed by atoms with Gasteiger partial charge in [0.15, 0.2) is 5.78 Å². The third-order valence-corrected chi connectivity index (χ3v) is 4.20. The van der Waals surface area contributed by atoms with Crippen molar-refractivity contribution in [1.29, 1.82) is 0 Å². The van der Waals surface area contributed by atoms with E-state index in [1.54, 1.807) is 43.3 Å². The maximum atomic E-state index is 12.4. The molecule has 2 aromatic carbocycles. The molecule has 0 spiro atoms. The van der Waals surface area contributed by atoms with Crippen LogP contribution in [0.15, 0.2) is 60.7 Å². The van der Waals surface area contributed by atoms with Crippen molar-refractivity contribution in [2.75, 3.05) is 0 Å². The van der Waals surface area contributed by atoms with Gasteiger partial charge in [0.25, 0.3) is 0 Å². The highest BCUT2D eigenvalue weighted by Gasteiger charge is 2.55. The van der Waals surface area contributed by atoms with Crippen LogP contribution in [0.25, 0.3) is 0 Å². The Morgan fingerprint density at radius 2 is 1.59 bits per heavy atom. The fourth-order valence-electron chi connectivity index (χ4n) is 2.84. The first kappa shape index (κ1) is 14.9. The van der Waals surface area contributed by atoms with Gasteiger partial charge in [-0.3, -0.25) is 4.79 Å². The Hall–Kier alpha value is -2.01. The highest BCUT2D eigenvalue weighted by atomic mass is 16.6. The summed E-state index contributed by atoms with van der Waals surface area (Å²) in [7, 11) is 0. The smallest absolute Gasteiger partial charge is 0.197 e. The highest BCUT2D eigenvalue weighted by molar-refractivity contribution is 5.91. The molecule has 22 heavy (non-hydrogen) atoms. The van der Waals surface area contributed by atoms with E-state index in [1.807, 2.05) is 24.3 Å². The summed E-state index contributed by atoms with van der Waals surface area (Å²) >= 11 is 0. The first-order chi connectivity index (χ1) is 10.5. The molecule has 114 valence electrons. The standard InChI is InChI=1S/C18H18O4/c1-18(16(20)13-10-6-3-7-11-13)17(21)14(19)15(22-18)12-8-4-2-5-9-12/h2-11,15-17,20-21H,1H3/t15-,16+,17+,18+/m0/s1.